The van der Waals surface area contributed by atoms with Gasteiger partial charge in [0.2, 0.25) is 0 Å². The second-order valence-corrected chi connectivity index (χ2v) is 7.14. The average molecular weight is 357 g/mol. The third-order valence-corrected chi connectivity index (χ3v) is 4.54. The van der Waals surface area contributed by atoms with E-state index in [0.29, 0.717) is 25.7 Å². The maximum Gasteiger partial charge on any atom is 0.303 e. The highest BCUT2D eigenvalue weighted by Gasteiger charge is 2.08. The minimum absolute atomic E-state index is 0.287. The zero-order chi connectivity index (χ0) is 18.8. The number of hydrogen-bond donors (Lipinski definition) is 3. The van der Waals surface area contributed by atoms with E-state index in [0.717, 1.165) is 51.4 Å². The number of carboxylic acid groups (broad SMARTS) is 1. The fourth-order valence-electron chi connectivity index (χ4n) is 2.90. The second kappa shape index (κ2) is 17.9. The summed E-state index contributed by atoms with van der Waals surface area (Å²) < 4.78 is 0. The topological polar surface area (TPSA) is 77.8 Å². The van der Waals surface area contributed by atoms with Crippen LogP contribution >= 0.6 is 0 Å². The van der Waals surface area contributed by atoms with Gasteiger partial charge >= 0.3 is 5.97 Å². The number of hydrogen-bond acceptors (Lipinski definition) is 3. The summed E-state index contributed by atoms with van der Waals surface area (Å²) in [6, 6.07) is 0. The lowest BCUT2D eigenvalue weighted by Gasteiger charge is -2.13. The quantitative estimate of drug-likeness (QED) is 0.232. The summed E-state index contributed by atoms with van der Waals surface area (Å²) in [4.78, 5) is 10.4. The van der Waals surface area contributed by atoms with Gasteiger partial charge in [-0.15, -0.1) is 0 Å². The van der Waals surface area contributed by atoms with Crippen molar-refractivity contribution in [2.24, 2.45) is 0 Å². The number of aliphatic hydroxyl groups excluding tert-OH is 2. The average Bonchev–Trinajstić information content (AvgIpc) is 2.58. The molecule has 0 spiro atoms. The van der Waals surface area contributed by atoms with Crippen LogP contribution in [0.1, 0.15) is 103 Å². The fourth-order valence-corrected chi connectivity index (χ4v) is 2.90. The molecule has 2 unspecified atom stereocenters. The standard InChI is InChI=1S/C21H40O4/c1-2-3-4-11-14-19(22)17-18-20(23)15-12-9-7-5-6-8-10-13-16-21(24)25/h4,11,19-20,22-23H,2-3,5-10,12-18H2,1H3,(H,24,25). The first-order valence-electron chi connectivity index (χ1n) is 10.3. The Morgan fingerprint density at radius 2 is 1.36 bits per heavy atom. The number of aliphatic hydroxyl groups is 2. The molecule has 25 heavy (non-hydrogen) atoms. The molecule has 0 aliphatic rings. The van der Waals surface area contributed by atoms with E-state index >= 15 is 0 Å². The molecule has 0 heterocycles. The van der Waals surface area contributed by atoms with Crippen LogP contribution in [0, 0.1) is 0 Å². The Labute approximate surface area is 154 Å². The van der Waals surface area contributed by atoms with E-state index in [4.69, 9.17) is 5.11 Å². The van der Waals surface area contributed by atoms with Gasteiger partial charge in [0.25, 0.3) is 0 Å². The number of allylic oxidation sites excluding steroid dienone is 1. The first-order chi connectivity index (χ1) is 12.1. The SMILES string of the molecule is CCCC=CCC(O)CCC(O)CCCCCCCCCCC(=O)O. The lowest BCUT2D eigenvalue weighted by atomic mass is 10.0. The van der Waals surface area contributed by atoms with Crippen molar-refractivity contribution in [3.8, 4) is 0 Å². The third kappa shape index (κ3) is 19.3. The fraction of sp³-hybridized carbons (Fsp3) is 0.857. The van der Waals surface area contributed by atoms with Crippen molar-refractivity contribution in [1.82, 2.24) is 0 Å². The molecule has 0 aromatic rings. The molecular weight excluding hydrogens is 316 g/mol. The summed E-state index contributed by atoms with van der Waals surface area (Å²) in [5.41, 5.74) is 0. The Bertz CT molecular complexity index is 328. The summed E-state index contributed by atoms with van der Waals surface area (Å²) >= 11 is 0. The van der Waals surface area contributed by atoms with Gasteiger partial charge in [-0.1, -0.05) is 70.4 Å². The molecule has 4 heteroatoms. The van der Waals surface area contributed by atoms with Gasteiger partial charge in [-0.25, -0.2) is 0 Å². The molecule has 0 aromatic heterocycles. The van der Waals surface area contributed by atoms with Crippen LogP contribution < -0.4 is 0 Å². The Kier molecular flexibility index (Phi) is 17.3. The summed E-state index contributed by atoms with van der Waals surface area (Å²) in [6.45, 7) is 2.14. The van der Waals surface area contributed by atoms with Crippen molar-refractivity contribution >= 4 is 5.97 Å². The molecule has 4 nitrogen and oxygen atoms in total. The van der Waals surface area contributed by atoms with E-state index in [1.54, 1.807) is 0 Å². The summed E-state index contributed by atoms with van der Waals surface area (Å²) in [5, 5.41) is 28.4. The Morgan fingerprint density at radius 1 is 0.800 bits per heavy atom. The smallest absolute Gasteiger partial charge is 0.303 e. The van der Waals surface area contributed by atoms with Crippen LogP contribution in [0.4, 0.5) is 0 Å². The molecule has 148 valence electrons. The van der Waals surface area contributed by atoms with Crippen molar-refractivity contribution in [2.45, 2.75) is 115 Å². The molecule has 0 amide bonds. The lowest BCUT2D eigenvalue weighted by molar-refractivity contribution is -0.137. The van der Waals surface area contributed by atoms with Crippen LogP contribution in [0.15, 0.2) is 12.2 Å². The van der Waals surface area contributed by atoms with Crippen LogP contribution in [0.25, 0.3) is 0 Å². The Balaban J connectivity index is 3.35. The predicted molar refractivity (Wildman–Crippen MR) is 104 cm³/mol. The molecule has 0 aliphatic heterocycles. The van der Waals surface area contributed by atoms with Gasteiger partial charge in [0.15, 0.2) is 0 Å². The van der Waals surface area contributed by atoms with Crippen molar-refractivity contribution in [3.63, 3.8) is 0 Å². The van der Waals surface area contributed by atoms with Gasteiger partial charge in [0, 0.05) is 6.42 Å². The van der Waals surface area contributed by atoms with Crippen molar-refractivity contribution in [3.05, 3.63) is 12.2 Å². The van der Waals surface area contributed by atoms with Crippen LogP contribution in [0.2, 0.25) is 0 Å². The minimum atomic E-state index is -0.695. The van der Waals surface area contributed by atoms with Crippen molar-refractivity contribution in [2.75, 3.05) is 0 Å². The van der Waals surface area contributed by atoms with E-state index in [1.807, 2.05) is 6.08 Å². The molecule has 0 saturated heterocycles. The highest BCUT2D eigenvalue weighted by Crippen LogP contribution is 2.14. The van der Waals surface area contributed by atoms with Crippen LogP contribution in [-0.4, -0.2) is 33.5 Å². The minimum Gasteiger partial charge on any atom is -0.481 e. The summed E-state index contributed by atoms with van der Waals surface area (Å²) in [6.07, 6.45) is 17.6. The Hall–Kier alpha value is -0.870. The maximum absolute atomic E-state index is 10.4. The number of rotatable bonds is 18. The van der Waals surface area contributed by atoms with E-state index in [-0.39, 0.29) is 12.2 Å². The predicted octanol–water partition coefficient (Wildman–Crippen LogP) is 5.22. The van der Waals surface area contributed by atoms with Crippen molar-refractivity contribution < 1.29 is 20.1 Å². The van der Waals surface area contributed by atoms with Gasteiger partial charge in [-0.2, -0.15) is 0 Å². The Morgan fingerprint density at radius 3 is 1.96 bits per heavy atom. The molecule has 0 radical (unpaired) electrons. The van der Waals surface area contributed by atoms with Gasteiger partial charge in [-0.05, 0) is 38.5 Å². The highest BCUT2D eigenvalue weighted by atomic mass is 16.4. The van der Waals surface area contributed by atoms with Gasteiger partial charge in [0.1, 0.15) is 0 Å². The molecule has 0 aromatic carbocycles. The lowest BCUT2D eigenvalue weighted by Crippen LogP contribution is -2.12. The van der Waals surface area contributed by atoms with Crippen molar-refractivity contribution in [1.29, 1.82) is 0 Å². The maximum atomic E-state index is 10.4. The molecule has 3 N–H and O–H groups in total. The third-order valence-electron chi connectivity index (χ3n) is 4.54. The van der Waals surface area contributed by atoms with E-state index < -0.39 is 5.97 Å². The highest BCUT2D eigenvalue weighted by molar-refractivity contribution is 5.66. The first-order valence-corrected chi connectivity index (χ1v) is 10.3. The molecule has 0 bridgehead atoms. The number of aliphatic carboxylic acids is 1. The summed E-state index contributed by atoms with van der Waals surface area (Å²) in [7, 11) is 0. The number of carbonyl (C=O) groups is 1. The molecule has 2 atom stereocenters. The van der Waals surface area contributed by atoms with Gasteiger partial charge < -0.3 is 15.3 Å². The van der Waals surface area contributed by atoms with E-state index in [9.17, 15) is 15.0 Å². The number of carboxylic acids is 1. The first kappa shape index (κ1) is 24.1. The zero-order valence-corrected chi connectivity index (χ0v) is 16.2. The molecule has 0 saturated carbocycles. The largest absolute Gasteiger partial charge is 0.481 e. The number of unbranched alkanes of at least 4 members (excludes halogenated alkanes) is 8. The van der Waals surface area contributed by atoms with Gasteiger partial charge in [0.05, 0.1) is 12.2 Å². The molecule has 0 rings (SSSR count). The normalized spacial score (nSPS) is 14.0. The van der Waals surface area contributed by atoms with Crippen LogP contribution in [0.3, 0.4) is 0 Å². The molecule has 0 fully saturated rings. The van der Waals surface area contributed by atoms with Crippen LogP contribution in [0.5, 0.6) is 0 Å². The van der Waals surface area contributed by atoms with E-state index in [2.05, 4.69) is 13.0 Å². The molecule has 0 aliphatic carbocycles. The second-order valence-electron chi connectivity index (χ2n) is 7.14. The summed E-state index contributed by atoms with van der Waals surface area (Å²) in [5.74, 6) is -0.695. The molecular formula is C21H40O4. The van der Waals surface area contributed by atoms with Gasteiger partial charge in [-0.3, -0.25) is 4.79 Å². The monoisotopic (exact) mass is 356 g/mol. The zero-order valence-electron chi connectivity index (χ0n) is 16.2. The van der Waals surface area contributed by atoms with E-state index in [1.165, 1.54) is 19.3 Å². The van der Waals surface area contributed by atoms with Crippen LogP contribution in [-0.2, 0) is 4.79 Å².